The topological polar surface area (TPSA) is 38.3 Å². The summed E-state index contributed by atoms with van der Waals surface area (Å²) < 4.78 is 29.0. The molecule has 0 radical (unpaired) electrons. The first-order valence-corrected chi connectivity index (χ1v) is 8.10. The molecule has 0 aromatic heterocycles. The van der Waals surface area contributed by atoms with E-state index >= 15 is 0 Å². The molecule has 3 rings (SSSR count). The van der Waals surface area contributed by atoms with Crippen molar-refractivity contribution in [2.45, 2.75) is 13.0 Å². The van der Waals surface area contributed by atoms with Gasteiger partial charge in [-0.25, -0.2) is 0 Å². The van der Waals surface area contributed by atoms with Crippen molar-refractivity contribution in [1.29, 1.82) is 0 Å². The molecule has 0 fully saturated rings. The number of benzene rings is 3. The van der Waals surface area contributed by atoms with Crippen molar-refractivity contribution in [2.24, 2.45) is 0 Å². The van der Waals surface area contributed by atoms with Gasteiger partial charge in [0.25, 0.3) is 5.91 Å². The van der Waals surface area contributed by atoms with Gasteiger partial charge in [-0.1, -0.05) is 54.6 Å². The van der Waals surface area contributed by atoms with Gasteiger partial charge < -0.3 is 10.1 Å². The largest absolute Gasteiger partial charge is 0.435 e. The highest BCUT2D eigenvalue weighted by atomic mass is 19.3. The predicted octanol–water partition coefficient (Wildman–Crippen LogP) is 5.13. The first-order chi connectivity index (χ1) is 12.6. The molecule has 1 N–H and O–H groups in total. The molecule has 3 aromatic rings. The number of hydrogen-bond donors (Lipinski definition) is 1. The monoisotopic (exact) mass is 353 g/mol. The molecule has 132 valence electrons. The SMILES string of the molecule is O=C(Nc1ccccc1Cc1ccccc1)c1cccc(OC(F)F)c1. The Morgan fingerprint density at radius 1 is 0.923 bits per heavy atom. The van der Waals surface area contributed by atoms with Gasteiger partial charge in [0, 0.05) is 11.3 Å². The van der Waals surface area contributed by atoms with Gasteiger partial charge in [-0.05, 0) is 41.8 Å². The van der Waals surface area contributed by atoms with Crippen LogP contribution in [-0.4, -0.2) is 12.5 Å². The molecule has 0 unspecified atom stereocenters. The van der Waals surface area contributed by atoms with E-state index in [1.165, 1.54) is 18.2 Å². The van der Waals surface area contributed by atoms with E-state index in [4.69, 9.17) is 0 Å². The van der Waals surface area contributed by atoms with Crippen LogP contribution in [-0.2, 0) is 6.42 Å². The van der Waals surface area contributed by atoms with E-state index < -0.39 is 6.61 Å². The molecular formula is C21H17F2NO2. The molecule has 0 aliphatic carbocycles. The normalized spacial score (nSPS) is 10.6. The number of carbonyl (C=O) groups is 1. The smallest absolute Gasteiger partial charge is 0.387 e. The van der Waals surface area contributed by atoms with E-state index in [0.717, 1.165) is 11.1 Å². The summed E-state index contributed by atoms with van der Waals surface area (Å²) in [5.41, 5.74) is 3.02. The Morgan fingerprint density at radius 2 is 1.65 bits per heavy atom. The second-order valence-electron chi connectivity index (χ2n) is 5.68. The maximum absolute atomic E-state index is 12.5. The van der Waals surface area contributed by atoms with E-state index in [0.29, 0.717) is 12.1 Å². The summed E-state index contributed by atoms with van der Waals surface area (Å²) in [6.07, 6.45) is 0.672. The highest BCUT2D eigenvalue weighted by Crippen LogP contribution is 2.21. The predicted molar refractivity (Wildman–Crippen MR) is 96.7 cm³/mol. The summed E-state index contributed by atoms with van der Waals surface area (Å²) in [6, 6.07) is 23.1. The number of halogens is 2. The van der Waals surface area contributed by atoms with Gasteiger partial charge in [0.1, 0.15) is 5.75 Å². The fourth-order valence-electron chi connectivity index (χ4n) is 2.62. The van der Waals surface area contributed by atoms with Gasteiger partial charge in [-0.3, -0.25) is 4.79 Å². The fourth-order valence-corrected chi connectivity index (χ4v) is 2.62. The molecule has 5 heteroatoms. The average Bonchev–Trinajstić information content (AvgIpc) is 2.64. The van der Waals surface area contributed by atoms with Crippen LogP contribution in [0, 0.1) is 0 Å². The van der Waals surface area contributed by atoms with Crippen molar-refractivity contribution in [2.75, 3.05) is 5.32 Å². The fraction of sp³-hybridized carbons (Fsp3) is 0.0952. The van der Waals surface area contributed by atoms with Crippen LogP contribution in [0.1, 0.15) is 21.5 Å². The number of anilines is 1. The van der Waals surface area contributed by atoms with Gasteiger partial charge in [0.05, 0.1) is 0 Å². The van der Waals surface area contributed by atoms with E-state index in [-0.39, 0.29) is 17.2 Å². The van der Waals surface area contributed by atoms with Gasteiger partial charge in [-0.15, -0.1) is 0 Å². The van der Waals surface area contributed by atoms with Crippen LogP contribution in [0.2, 0.25) is 0 Å². The number of rotatable bonds is 6. The Kier molecular flexibility index (Phi) is 5.59. The molecule has 0 aliphatic heterocycles. The second kappa shape index (κ2) is 8.25. The van der Waals surface area contributed by atoms with Crippen LogP contribution in [0.25, 0.3) is 0 Å². The Morgan fingerprint density at radius 3 is 2.42 bits per heavy atom. The molecule has 0 bridgehead atoms. The van der Waals surface area contributed by atoms with Crippen molar-refractivity contribution in [3.05, 3.63) is 95.6 Å². The quantitative estimate of drug-likeness (QED) is 0.667. The second-order valence-corrected chi connectivity index (χ2v) is 5.68. The van der Waals surface area contributed by atoms with Crippen LogP contribution in [0.5, 0.6) is 5.75 Å². The minimum atomic E-state index is -2.93. The molecule has 0 heterocycles. The van der Waals surface area contributed by atoms with Crippen molar-refractivity contribution < 1.29 is 18.3 Å². The number of nitrogens with one attached hydrogen (secondary N) is 1. The zero-order valence-corrected chi connectivity index (χ0v) is 13.9. The van der Waals surface area contributed by atoms with Gasteiger partial charge in [-0.2, -0.15) is 8.78 Å². The van der Waals surface area contributed by atoms with Crippen LogP contribution >= 0.6 is 0 Å². The molecule has 0 saturated carbocycles. The third-order valence-electron chi connectivity index (χ3n) is 3.82. The zero-order chi connectivity index (χ0) is 18.4. The molecular weight excluding hydrogens is 336 g/mol. The number of ether oxygens (including phenoxy) is 1. The van der Waals surface area contributed by atoms with Gasteiger partial charge in [0.15, 0.2) is 0 Å². The minimum Gasteiger partial charge on any atom is -0.435 e. The molecule has 0 aliphatic rings. The molecule has 0 saturated heterocycles. The molecule has 0 spiro atoms. The van der Waals surface area contributed by atoms with Crippen molar-refractivity contribution in [3.63, 3.8) is 0 Å². The lowest BCUT2D eigenvalue weighted by atomic mass is 10.0. The summed E-state index contributed by atoms with van der Waals surface area (Å²) in [7, 11) is 0. The highest BCUT2D eigenvalue weighted by molar-refractivity contribution is 6.04. The number of carbonyl (C=O) groups excluding carboxylic acids is 1. The number of alkyl halides is 2. The molecule has 1 amide bonds. The lowest BCUT2D eigenvalue weighted by Gasteiger charge is -2.12. The first-order valence-electron chi connectivity index (χ1n) is 8.10. The van der Waals surface area contributed by atoms with E-state index in [9.17, 15) is 13.6 Å². The van der Waals surface area contributed by atoms with Crippen LogP contribution < -0.4 is 10.1 Å². The van der Waals surface area contributed by atoms with E-state index in [1.54, 1.807) is 6.07 Å². The third kappa shape index (κ3) is 4.66. The van der Waals surface area contributed by atoms with Crippen molar-refractivity contribution in [1.82, 2.24) is 0 Å². The zero-order valence-electron chi connectivity index (χ0n) is 13.9. The number of para-hydroxylation sites is 1. The summed E-state index contributed by atoms with van der Waals surface area (Å²) in [5, 5.41) is 2.85. The molecule has 3 aromatic carbocycles. The van der Waals surface area contributed by atoms with Crippen LogP contribution in [0.4, 0.5) is 14.5 Å². The summed E-state index contributed by atoms with van der Waals surface area (Å²) >= 11 is 0. The third-order valence-corrected chi connectivity index (χ3v) is 3.82. The Balaban J connectivity index is 1.78. The van der Waals surface area contributed by atoms with Gasteiger partial charge >= 0.3 is 6.61 Å². The first kappa shape index (κ1) is 17.6. The molecule has 26 heavy (non-hydrogen) atoms. The van der Waals surface area contributed by atoms with E-state index in [1.807, 2.05) is 54.6 Å². The standard InChI is InChI=1S/C21H17F2NO2/c22-21(23)26-18-11-6-10-17(14-18)20(25)24-19-12-5-4-9-16(19)13-15-7-2-1-3-8-15/h1-12,14,21H,13H2,(H,24,25). The minimum absolute atomic E-state index is 0.0507. The van der Waals surface area contributed by atoms with E-state index in [2.05, 4.69) is 10.1 Å². The Bertz CT molecular complexity index is 882. The van der Waals surface area contributed by atoms with Crippen LogP contribution in [0.15, 0.2) is 78.9 Å². The number of hydrogen-bond acceptors (Lipinski definition) is 2. The maximum atomic E-state index is 12.5. The Labute approximate surface area is 150 Å². The summed E-state index contributed by atoms with van der Waals surface area (Å²) in [4.78, 5) is 12.5. The summed E-state index contributed by atoms with van der Waals surface area (Å²) in [6.45, 7) is -2.93. The van der Waals surface area contributed by atoms with Crippen molar-refractivity contribution in [3.8, 4) is 5.75 Å². The van der Waals surface area contributed by atoms with Crippen molar-refractivity contribution >= 4 is 11.6 Å². The van der Waals surface area contributed by atoms with Gasteiger partial charge in [0.2, 0.25) is 0 Å². The summed E-state index contributed by atoms with van der Waals surface area (Å²) in [5.74, 6) is -0.435. The highest BCUT2D eigenvalue weighted by Gasteiger charge is 2.12. The average molecular weight is 353 g/mol. The number of amides is 1. The van der Waals surface area contributed by atoms with Crippen LogP contribution in [0.3, 0.4) is 0 Å². The Hall–Kier alpha value is -3.21. The maximum Gasteiger partial charge on any atom is 0.387 e. The lowest BCUT2D eigenvalue weighted by Crippen LogP contribution is -2.14. The molecule has 3 nitrogen and oxygen atoms in total. The lowest BCUT2D eigenvalue weighted by molar-refractivity contribution is -0.0498. The molecule has 0 atom stereocenters.